The number of nitriles is 1. The summed E-state index contributed by atoms with van der Waals surface area (Å²) in [5, 5.41) is 11.7. The van der Waals surface area contributed by atoms with E-state index in [0.717, 1.165) is 19.5 Å². The lowest BCUT2D eigenvalue weighted by atomic mass is 9.96. The van der Waals surface area contributed by atoms with Crippen LogP contribution in [0.3, 0.4) is 0 Å². The van der Waals surface area contributed by atoms with Gasteiger partial charge in [0.15, 0.2) is 0 Å². The standard InChI is InChI=1S/C11H19N3O/c1-14(7-3-5-12)11(15)8-10-4-2-6-13-9-10/h10,13H,2-4,6-9H2,1H3. The largest absolute Gasteiger partial charge is 0.345 e. The molecule has 0 spiro atoms. The van der Waals surface area contributed by atoms with Gasteiger partial charge in [0, 0.05) is 20.0 Å². The van der Waals surface area contributed by atoms with Gasteiger partial charge in [-0.1, -0.05) is 0 Å². The summed E-state index contributed by atoms with van der Waals surface area (Å²) < 4.78 is 0. The molecule has 0 aliphatic carbocycles. The molecular formula is C11H19N3O. The first-order valence-corrected chi connectivity index (χ1v) is 5.55. The highest BCUT2D eigenvalue weighted by Gasteiger charge is 2.18. The fourth-order valence-corrected chi connectivity index (χ4v) is 1.84. The van der Waals surface area contributed by atoms with E-state index in [0.29, 0.717) is 25.3 Å². The Morgan fingerprint density at radius 3 is 3.07 bits per heavy atom. The van der Waals surface area contributed by atoms with Crippen LogP contribution in [0.1, 0.15) is 25.7 Å². The first-order valence-electron chi connectivity index (χ1n) is 5.55. The molecule has 1 aliphatic heterocycles. The minimum Gasteiger partial charge on any atom is -0.345 e. The van der Waals surface area contributed by atoms with Crippen LogP contribution in [-0.2, 0) is 4.79 Å². The van der Waals surface area contributed by atoms with E-state index in [-0.39, 0.29) is 5.91 Å². The molecule has 0 radical (unpaired) electrons. The van der Waals surface area contributed by atoms with Crippen LogP contribution >= 0.6 is 0 Å². The molecule has 1 unspecified atom stereocenters. The second-order valence-corrected chi connectivity index (χ2v) is 4.14. The monoisotopic (exact) mass is 209 g/mol. The SMILES string of the molecule is CN(CCC#N)C(=O)CC1CCCNC1. The summed E-state index contributed by atoms with van der Waals surface area (Å²) in [5.74, 6) is 0.648. The molecular weight excluding hydrogens is 190 g/mol. The van der Waals surface area contributed by atoms with Crippen LogP contribution in [-0.4, -0.2) is 37.5 Å². The van der Waals surface area contributed by atoms with Crippen LogP contribution < -0.4 is 5.32 Å². The number of nitrogens with one attached hydrogen (secondary N) is 1. The number of rotatable bonds is 4. The maximum Gasteiger partial charge on any atom is 0.222 e. The van der Waals surface area contributed by atoms with Crippen molar-refractivity contribution in [3.05, 3.63) is 0 Å². The molecule has 84 valence electrons. The van der Waals surface area contributed by atoms with Gasteiger partial charge in [0.2, 0.25) is 5.91 Å². The van der Waals surface area contributed by atoms with E-state index in [1.54, 1.807) is 11.9 Å². The average molecular weight is 209 g/mol. The van der Waals surface area contributed by atoms with Gasteiger partial charge in [-0.05, 0) is 31.8 Å². The number of piperidine rings is 1. The topological polar surface area (TPSA) is 56.1 Å². The summed E-state index contributed by atoms with van der Waals surface area (Å²) in [6, 6.07) is 2.05. The third kappa shape index (κ3) is 4.30. The lowest BCUT2D eigenvalue weighted by Crippen LogP contribution is -2.35. The second-order valence-electron chi connectivity index (χ2n) is 4.14. The molecule has 0 aromatic carbocycles. The van der Waals surface area contributed by atoms with Crippen molar-refractivity contribution in [2.24, 2.45) is 5.92 Å². The molecule has 1 N–H and O–H groups in total. The third-order valence-electron chi connectivity index (χ3n) is 2.85. The summed E-state index contributed by atoms with van der Waals surface area (Å²) in [6.07, 6.45) is 3.35. The molecule has 0 saturated carbocycles. The summed E-state index contributed by atoms with van der Waals surface area (Å²) in [4.78, 5) is 13.4. The number of hydrogen-bond acceptors (Lipinski definition) is 3. The van der Waals surface area contributed by atoms with Gasteiger partial charge in [0.25, 0.3) is 0 Å². The molecule has 1 fully saturated rings. The molecule has 4 heteroatoms. The van der Waals surface area contributed by atoms with Crippen molar-refractivity contribution >= 4 is 5.91 Å². The first kappa shape index (κ1) is 12.0. The van der Waals surface area contributed by atoms with E-state index in [4.69, 9.17) is 5.26 Å². The van der Waals surface area contributed by atoms with E-state index >= 15 is 0 Å². The maximum absolute atomic E-state index is 11.7. The van der Waals surface area contributed by atoms with Gasteiger partial charge in [0.05, 0.1) is 12.5 Å². The summed E-state index contributed by atoms with van der Waals surface area (Å²) in [7, 11) is 1.77. The Balaban J connectivity index is 2.24. The Labute approximate surface area is 91.2 Å². The number of nitrogens with zero attached hydrogens (tertiary/aromatic N) is 2. The van der Waals surface area contributed by atoms with Gasteiger partial charge in [-0.25, -0.2) is 0 Å². The average Bonchev–Trinajstić information content (AvgIpc) is 2.27. The smallest absolute Gasteiger partial charge is 0.222 e. The normalized spacial score (nSPS) is 20.7. The molecule has 1 heterocycles. The van der Waals surface area contributed by atoms with Gasteiger partial charge in [0.1, 0.15) is 0 Å². The molecule has 4 nitrogen and oxygen atoms in total. The summed E-state index contributed by atoms with van der Waals surface area (Å²) in [6.45, 7) is 2.59. The molecule has 1 amide bonds. The molecule has 1 rings (SSSR count). The zero-order valence-corrected chi connectivity index (χ0v) is 9.33. The maximum atomic E-state index is 11.7. The second kappa shape index (κ2) is 6.41. The van der Waals surface area contributed by atoms with Crippen LogP contribution in [0.15, 0.2) is 0 Å². The van der Waals surface area contributed by atoms with E-state index in [2.05, 4.69) is 11.4 Å². The Hall–Kier alpha value is -1.08. The number of carbonyl (C=O) groups excluding carboxylic acids is 1. The van der Waals surface area contributed by atoms with Gasteiger partial charge in [-0.3, -0.25) is 4.79 Å². The Bertz CT molecular complexity index is 241. The Kier molecular flexibility index (Phi) is 5.13. The van der Waals surface area contributed by atoms with Crippen LogP contribution in [0.5, 0.6) is 0 Å². The zero-order valence-electron chi connectivity index (χ0n) is 9.33. The fraction of sp³-hybridized carbons (Fsp3) is 0.818. The van der Waals surface area contributed by atoms with Crippen molar-refractivity contribution in [2.75, 3.05) is 26.7 Å². The van der Waals surface area contributed by atoms with Crippen molar-refractivity contribution < 1.29 is 4.79 Å². The van der Waals surface area contributed by atoms with Gasteiger partial charge < -0.3 is 10.2 Å². The van der Waals surface area contributed by atoms with Crippen LogP contribution in [0, 0.1) is 17.2 Å². The zero-order chi connectivity index (χ0) is 11.1. The van der Waals surface area contributed by atoms with Gasteiger partial charge >= 0.3 is 0 Å². The van der Waals surface area contributed by atoms with E-state index < -0.39 is 0 Å². The van der Waals surface area contributed by atoms with Crippen molar-refractivity contribution in [3.8, 4) is 6.07 Å². The lowest BCUT2D eigenvalue weighted by Gasteiger charge is -2.24. The van der Waals surface area contributed by atoms with E-state index in [1.807, 2.05) is 0 Å². The molecule has 1 aliphatic rings. The molecule has 0 aromatic rings. The third-order valence-corrected chi connectivity index (χ3v) is 2.85. The molecule has 1 atom stereocenters. The van der Waals surface area contributed by atoms with Gasteiger partial charge in [-0.15, -0.1) is 0 Å². The number of hydrogen-bond donors (Lipinski definition) is 1. The minimum absolute atomic E-state index is 0.166. The molecule has 0 aromatic heterocycles. The highest BCUT2D eigenvalue weighted by atomic mass is 16.2. The number of carbonyl (C=O) groups is 1. The highest BCUT2D eigenvalue weighted by Crippen LogP contribution is 2.14. The van der Waals surface area contributed by atoms with Crippen molar-refractivity contribution in [2.45, 2.75) is 25.7 Å². The van der Waals surface area contributed by atoms with Crippen LogP contribution in [0.2, 0.25) is 0 Å². The Morgan fingerprint density at radius 2 is 2.47 bits per heavy atom. The first-order chi connectivity index (χ1) is 7.24. The van der Waals surface area contributed by atoms with Gasteiger partial charge in [-0.2, -0.15) is 5.26 Å². The van der Waals surface area contributed by atoms with Crippen molar-refractivity contribution in [1.29, 1.82) is 5.26 Å². The molecule has 0 bridgehead atoms. The minimum atomic E-state index is 0.166. The predicted molar refractivity (Wildman–Crippen MR) is 58.1 cm³/mol. The predicted octanol–water partition coefficient (Wildman–Crippen LogP) is 0.748. The quantitative estimate of drug-likeness (QED) is 0.743. The summed E-state index contributed by atoms with van der Waals surface area (Å²) in [5.41, 5.74) is 0. The highest BCUT2D eigenvalue weighted by molar-refractivity contribution is 5.76. The molecule has 1 saturated heterocycles. The lowest BCUT2D eigenvalue weighted by molar-refractivity contribution is -0.130. The van der Waals surface area contributed by atoms with Crippen molar-refractivity contribution in [1.82, 2.24) is 10.2 Å². The fourth-order valence-electron chi connectivity index (χ4n) is 1.84. The van der Waals surface area contributed by atoms with E-state index in [9.17, 15) is 4.79 Å². The molecule has 15 heavy (non-hydrogen) atoms. The number of amides is 1. The van der Waals surface area contributed by atoms with Crippen LogP contribution in [0.4, 0.5) is 0 Å². The van der Waals surface area contributed by atoms with Crippen LogP contribution in [0.25, 0.3) is 0 Å². The summed E-state index contributed by atoms with van der Waals surface area (Å²) >= 11 is 0. The van der Waals surface area contributed by atoms with E-state index in [1.165, 1.54) is 6.42 Å². The van der Waals surface area contributed by atoms with Crippen molar-refractivity contribution in [3.63, 3.8) is 0 Å². The Morgan fingerprint density at radius 1 is 1.67 bits per heavy atom.